The fourth-order valence-electron chi connectivity index (χ4n) is 2.23. The number of hydrogen-bond donors (Lipinski definition) is 2. The molecule has 1 saturated carbocycles. The standard InChI is InChI=1S/C17H24N2O3/c1-11(2)22-14-6-4-13(5-7-14)19-16(20)8-9-18-17(21)15-10-12(15)3/h4-7,11-12,15H,8-10H2,1-3H3,(H,18,21)(H,19,20)/t12-,15+/m1/s1. The van der Waals surface area contributed by atoms with E-state index in [-0.39, 0.29) is 30.3 Å². The maximum Gasteiger partial charge on any atom is 0.226 e. The summed E-state index contributed by atoms with van der Waals surface area (Å²) in [7, 11) is 0. The molecule has 1 aromatic rings. The average molecular weight is 304 g/mol. The van der Waals surface area contributed by atoms with Crippen LogP contribution >= 0.6 is 0 Å². The van der Waals surface area contributed by atoms with Crippen LogP contribution in [0.2, 0.25) is 0 Å². The largest absolute Gasteiger partial charge is 0.491 e. The van der Waals surface area contributed by atoms with E-state index in [1.54, 1.807) is 12.1 Å². The molecule has 1 aliphatic rings. The molecule has 0 saturated heterocycles. The van der Waals surface area contributed by atoms with Gasteiger partial charge < -0.3 is 15.4 Å². The Bertz CT molecular complexity index is 525. The van der Waals surface area contributed by atoms with Crippen molar-refractivity contribution in [2.75, 3.05) is 11.9 Å². The second kappa shape index (κ2) is 7.29. The van der Waals surface area contributed by atoms with Crippen molar-refractivity contribution >= 4 is 17.5 Å². The lowest BCUT2D eigenvalue weighted by Gasteiger charge is -2.11. The molecule has 0 aromatic heterocycles. The van der Waals surface area contributed by atoms with Gasteiger partial charge in [-0.15, -0.1) is 0 Å². The average Bonchev–Trinajstić information content (AvgIpc) is 3.17. The summed E-state index contributed by atoms with van der Waals surface area (Å²) >= 11 is 0. The van der Waals surface area contributed by atoms with Crippen LogP contribution in [-0.4, -0.2) is 24.5 Å². The molecule has 1 aromatic carbocycles. The number of ether oxygens (including phenoxy) is 1. The van der Waals surface area contributed by atoms with Crippen molar-refractivity contribution in [1.82, 2.24) is 5.32 Å². The Balaban J connectivity index is 1.69. The molecule has 2 atom stereocenters. The van der Waals surface area contributed by atoms with E-state index in [2.05, 4.69) is 17.6 Å². The van der Waals surface area contributed by atoms with Gasteiger partial charge in [-0.25, -0.2) is 0 Å². The number of carbonyl (C=O) groups excluding carboxylic acids is 2. The number of anilines is 1. The van der Waals surface area contributed by atoms with Crippen LogP contribution in [0.4, 0.5) is 5.69 Å². The summed E-state index contributed by atoms with van der Waals surface area (Å²) in [4.78, 5) is 23.4. The van der Waals surface area contributed by atoms with Crippen molar-refractivity contribution in [3.63, 3.8) is 0 Å². The molecule has 22 heavy (non-hydrogen) atoms. The van der Waals surface area contributed by atoms with E-state index < -0.39 is 0 Å². The predicted octanol–water partition coefficient (Wildman–Crippen LogP) is 2.57. The summed E-state index contributed by atoms with van der Waals surface area (Å²) in [5, 5.41) is 5.61. The molecule has 2 N–H and O–H groups in total. The number of benzene rings is 1. The van der Waals surface area contributed by atoms with E-state index in [1.165, 1.54) is 0 Å². The molecule has 5 heteroatoms. The van der Waals surface area contributed by atoms with E-state index in [9.17, 15) is 9.59 Å². The molecule has 2 amide bonds. The van der Waals surface area contributed by atoms with Gasteiger partial charge in [-0.3, -0.25) is 9.59 Å². The van der Waals surface area contributed by atoms with Crippen molar-refractivity contribution in [2.45, 2.75) is 39.7 Å². The Morgan fingerprint density at radius 1 is 1.27 bits per heavy atom. The molecule has 0 spiro atoms. The molecule has 0 radical (unpaired) electrons. The molecular weight excluding hydrogens is 280 g/mol. The third kappa shape index (κ3) is 5.06. The van der Waals surface area contributed by atoms with Crippen LogP contribution in [0.25, 0.3) is 0 Å². The van der Waals surface area contributed by atoms with Gasteiger partial charge in [-0.2, -0.15) is 0 Å². The summed E-state index contributed by atoms with van der Waals surface area (Å²) < 4.78 is 5.54. The molecular formula is C17H24N2O3. The van der Waals surface area contributed by atoms with Crippen molar-refractivity contribution < 1.29 is 14.3 Å². The monoisotopic (exact) mass is 304 g/mol. The van der Waals surface area contributed by atoms with Crippen molar-refractivity contribution in [1.29, 1.82) is 0 Å². The van der Waals surface area contributed by atoms with Gasteiger partial charge in [-0.1, -0.05) is 6.92 Å². The molecule has 1 fully saturated rings. The zero-order chi connectivity index (χ0) is 16.1. The molecule has 2 rings (SSSR count). The van der Waals surface area contributed by atoms with Crippen LogP contribution in [0.3, 0.4) is 0 Å². The van der Waals surface area contributed by atoms with Gasteiger partial charge in [0.25, 0.3) is 0 Å². The van der Waals surface area contributed by atoms with Gasteiger partial charge in [0.15, 0.2) is 0 Å². The quantitative estimate of drug-likeness (QED) is 0.813. The Morgan fingerprint density at radius 3 is 2.45 bits per heavy atom. The highest BCUT2D eigenvalue weighted by molar-refractivity contribution is 5.91. The highest BCUT2D eigenvalue weighted by atomic mass is 16.5. The maximum atomic E-state index is 11.8. The van der Waals surface area contributed by atoms with E-state index in [0.717, 1.165) is 17.9 Å². The molecule has 0 bridgehead atoms. The zero-order valence-corrected chi connectivity index (χ0v) is 13.4. The van der Waals surface area contributed by atoms with Gasteiger partial charge in [0.1, 0.15) is 5.75 Å². The van der Waals surface area contributed by atoms with E-state index in [4.69, 9.17) is 4.74 Å². The van der Waals surface area contributed by atoms with Gasteiger partial charge >= 0.3 is 0 Å². The second-order valence-electron chi connectivity index (χ2n) is 6.10. The molecule has 0 aliphatic heterocycles. The Hall–Kier alpha value is -2.04. The highest BCUT2D eigenvalue weighted by Crippen LogP contribution is 2.37. The van der Waals surface area contributed by atoms with Crippen LogP contribution < -0.4 is 15.4 Å². The van der Waals surface area contributed by atoms with Crippen LogP contribution in [0.5, 0.6) is 5.75 Å². The normalized spacial score (nSPS) is 19.6. The maximum absolute atomic E-state index is 11.8. The van der Waals surface area contributed by atoms with Gasteiger partial charge in [0, 0.05) is 24.6 Å². The van der Waals surface area contributed by atoms with E-state index in [1.807, 2.05) is 26.0 Å². The first-order valence-electron chi connectivity index (χ1n) is 7.80. The number of hydrogen-bond acceptors (Lipinski definition) is 3. The molecule has 1 aliphatic carbocycles. The lowest BCUT2D eigenvalue weighted by atomic mass is 10.2. The van der Waals surface area contributed by atoms with Crippen LogP contribution in [-0.2, 0) is 9.59 Å². The summed E-state index contributed by atoms with van der Waals surface area (Å²) in [5.74, 6) is 1.37. The van der Waals surface area contributed by atoms with E-state index >= 15 is 0 Å². The molecule has 0 unspecified atom stereocenters. The van der Waals surface area contributed by atoms with Crippen LogP contribution in [0.15, 0.2) is 24.3 Å². The second-order valence-corrected chi connectivity index (χ2v) is 6.10. The third-order valence-electron chi connectivity index (χ3n) is 3.61. The minimum Gasteiger partial charge on any atom is -0.491 e. The number of rotatable bonds is 7. The summed E-state index contributed by atoms with van der Waals surface area (Å²) in [6.45, 7) is 6.37. The first-order chi connectivity index (χ1) is 10.5. The van der Waals surface area contributed by atoms with Crippen molar-refractivity contribution in [2.24, 2.45) is 11.8 Å². The lowest BCUT2D eigenvalue weighted by molar-refractivity contribution is -0.122. The Kier molecular flexibility index (Phi) is 5.41. The first kappa shape index (κ1) is 16.3. The van der Waals surface area contributed by atoms with Crippen molar-refractivity contribution in [3.05, 3.63) is 24.3 Å². The Morgan fingerprint density at radius 2 is 1.91 bits per heavy atom. The molecule has 0 heterocycles. The number of carbonyl (C=O) groups is 2. The first-order valence-corrected chi connectivity index (χ1v) is 7.80. The Labute approximate surface area is 131 Å². The summed E-state index contributed by atoms with van der Waals surface area (Å²) in [5.41, 5.74) is 0.725. The summed E-state index contributed by atoms with van der Waals surface area (Å²) in [6, 6.07) is 7.26. The molecule has 5 nitrogen and oxygen atoms in total. The minimum absolute atomic E-state index is 0.0653. The minimum atomic E-state index is -0.110. The molecule has 120 valence electrons. The summed E-state index contributed by atoms with van der Waals surface area (Å²) in [6.07, 6.45) is 1.36. The fraction of sp³-hybridized carbons (Fsp3) is 0.529. The topological polar surface area (TPSA) is 67.4 Å². The van der Waals surface area contributed by atoms with E-state index in [0.29, 0.717) is 12.5 Å². The lowest BCUT2D eigenvalue weighted by Crippen LogP contribution is -2.29. The van der Waals surface area contributed by atoms with Gasteiger partial charge in [0.2, 0.25) is 11.8 Å². The zero-order valence-electron chi connectivity index (χ0n) is 13.4. The van der Waals surface area contributed by atoms with Crippen LogP contribution in [0, 0.1) is 11.8 Å². The van der Waals surface area contributed by atoms with Crippen LogP contribution in [0.1, 0.15) is 33.6 Å². The highest BCUT2D eigenvalue weighted by Gasteiger charge is 2.38. The van der Waals surface area contributed by atoms with Gasteiger partial charge in [-0.05, 0) is 50.5 Å². The van der Waals surface area contributed by atoms with Crippen molar-refractivity contribution in [3.8, 4) is 5.75 Å². The third-order valence-corrected chi connectivity index (χ3v) is 3.61. The SMILES string of the molecule is CC(C)Oc1ccc(NC(=O)CCNC(=O)[C@H]2C[C@H]2C)cc1. The number of amides is 2. The fourth-order valence-corrected chi connectivity index (χ4v) is 2.23. The smallest absolute Gasteiger partial charge is 0.226 e. The number of nitrogens with one attached hydrogen (secondary N) is 2. The predicted molar refractivity (Wildman–Crippen MR) is 85.7 cm³/mol. The van der Waals surface area contributed by atoms with Gasteiger partial charge in [0.05, 0.1) is 6.10 Å².